The van der Waals surface area contributed by atoms with Crippen LogP contribution in [0, 0.1) is 0 Å². The van der Waals surface area contributed by atoms with Gasteiger partial charge >= 0.3 is 0 Å². The van der Waals surface area contributed by atoms with Crippen molar-refractivity contribution in [3.05, 3.63) is 52.2 Å². The van der Waals surface area contributed by atoms with Gasteiger partial charge in [0.1, 0.15) is 0 Å². The Morgan fingerprint density at radius 2 is 1.93 bits per heavy atom. The lowest BCUT2D eigenvalue weighted by atomic mass is 10.0. The molecule has 2 N–H and O–H groups in total. The molecule has 0 aliphatic carbocycles. The Morgan fingerprint density at radius 3 is 2.63 bits per heavy atom. The van der Waals surface area contributed by atoms with E-state index in [4.69, 9.17) is 0 Å². The number of nitrogens with zero attached hydrogens (tertiary/aromatic N) is 1. The third-order valence-corrected chi connectivity index (χ3v) is 5.68. The van der Waals surface area contributed by atoms with E-state index in [1.54, 1.807) is 11.3 Å². The first-order valence-corrected chi connectivity index (χ1v) is 10.5. The first-order chi connectivity index (χ1) is 13.2. The summed E-state index contributed by atoms with van der Waals surface area (Å²) in [5.74, 6) is 0.0778. The Labute approximate surface area is 164 Å². The number of carbonyl (C=O) groups is 2. The molecule has 1 saturated heterocycles. The lowest BCUT2D eigenvalue weighted by Gasteiger charge is -2.35. The van der Waals surface area contributed by atoms with E-state index < -0.39 is 0 Å². The Balaban J connectivity index is 1.54. The van der Waals surface area contributed by atoms with Crippen LogP contribution in [0.15, 0.2) is 41.8 Å². The van der Waals surface area contributed by atoms with E-state index in [2.05, 4.69) is 15.5 Å². The maximum Gasteiger partial charge on any atom is 0.253 e. The molecule has 2 aromatic rings. The smallest absolute Gasteiger partial charge is 0.253 e. The van der Waals surface area contributed by atoms with Gasteiger partial charge in [0.05, 0.1) is 12.0 Å². The molecule has 144 valence electrons. The molecule has 2 heterocycles. The zero-order valence-corrected chi connectivity index (χ0v) is 16.6. The van der Waals surface area contributed by atoms with E-state index in [1.165, 1.54) is 0 Å². The number of hydrogen-bond acceptors (Lipinski definition) is 4. The molecule has 0 atom stereocenters. The standard InChI is InChI=1S/C21H27N3O2S/c1-2-11-22-21(26)18-7-3-4-8-19(18)24-12-9-16(10-13-24)23-20(25)15-17-6-5-14-27-17/h3-8,14,16H,2,9-13,15H2,1H3,(H,22,26)(H,23,25). The van der Waals surface area contributed by atoms with E-state index in [1.807, 2.05) is 48.7 Å². The van der Waals surface area contributed by atoms with Gasteiger partial charge in [0.15, 0.2) is 0 Å². The highest BCUT2D eigenvalue weighted by atomic mass is 32.1. The number of thiophene rings is 1. The van der Waals surface area contributed by atoms with Crippen LogP contribution >= 0.6 is 11.3 Å². The van der Waals surface area contributed by atoms with E-state index in [0.29, 0.717) is 13.0 Å². The summed E-state index contributed by atoms with van der Waals surface area (Å²) in [7, 11) is 0. The quantitative estimate of drug-likeness (QED) is 0.769. The molecule has 0 saturated carbocycles. The Morgan fingerprint density at radius 1 is 1.15 bits per heavy atom. The summed E-state index contributed by atoms with van der Waals surface area (Å²) in [4.78, 5) is 28.0. The highest BCUT2D eigenvalue weighted by Gasteiger charge is 2.23. The monoisotopic (exact) mass is 385 g/mol. The lowest BCUT2D eigenvalue weighted by molar-refractivity contribution is -0.121. The topological polar surface area (TPSA) is 61.4 Å². The number of hydrogen-bond donors (Lipinski definition) is 2. The number of piperidine rings is 1. The van der Waals surface area contributed by atoms with Crippen LogP contribution in [0.25, 0.3) is 0 Å². The minimum absolute atomic E-state index is 0.0150. The number of benzene rings is 1. The average molecular weight is 386 g/mol. The first-order valence-electron chi connectivity index (χ1n) is 9.61. The number of amides is 2. The van der Waals surface area contributed by atoms with Gasteiger partial charge in [-0.15, -0.1) is 11.3 Å². The van der Waals surface area contributed by atoms with Crippen LogP contribution in [0.2, 0.25) is 0 Å². The third-order valence-electron chi connectivity index (χ3n) is 4.80. The van der Waals surface area contributed by atoms with Crippen LogP contribution in [-0.4, -0.2) is 37.5 Å². The number of para-hydroxylation sites is 1. The molecule has 3 rings (SSSR count). The molecule has 1 aromatic carbocycles. The van der Waals surface area contributed by atoms with E-state index >= 15 is 0 Å². The molecule has 1 aliphatic rings. The molecule has 5 nitrogen and oxygen atoms in total. The summed E-state index contributed by atoms with van der Waals surface area (Å²) >= 11 is 1.61. The molecule has 1 aliphatic heterocycles. The third kappa shape index (κ3) is 5.32. The fourth-order valence-electron chi connectivity index (χ4n) is 3.39. The Kier molecular flexibility index (Phi) is 6.87. The zero-order valence-electron chi connectivity index (χ0n) is 15.7. The Hall–Kier alpha value is -2.34. The largest absolute Gasteiger partial charge is 0.371 e. The summed E-state index contributed by atoms with van der Waals surface area (Å²) in [6.45, 7) is 4.40. The number of rotatable bonds is 7. The lowest BCUT2D eigenvalue weighted by Crippen LogP contribution is -2.45. The summed E-state index contributed by atoms with van der Waals surface area (Å²) in [5, 5.41) is 8.11. The molecule has 0 bridgehead atoms. The highest BCUT2D eigenvalue weighted by molar-refractivity contribution is 7.10. The molecular weight excluding hydrogens is 358 g/mol. The van der Waals surface area contributed by atoms with Crippen molar-refractivity contribution < 1.29 is 9.59 Å². The molecule has 0 radical (unpaired) electrons. The summed E-state index contributed by atoms with van der Waals surface area (Å²) in [6.07, 6.45) is 3.16. The van der Waals surface area contributed by atoms with Gasteiger partial charge in [0.25, 0.3) is 5.91 Å². The van der Waals surface area contributed by atoms with Crippen LogP contribution in [-0.2, 0) is 11.2 Å². The van der Waals surface area contributed by atoms with Crippen molar-refractivity contribution in [1.29, 1.82) is 0 Å². The van der Waals surface area contributed by atoms with Gasteiger partial charge in [-0.05, 0) is 42.8 Å². The normalized spacial score (nSPS) is 14.8. The Bertz CT molecular complexity index is 753. The van der Waals surface area contributed by atoms with Crippen molar-refractivity contribution in [1.82, 2.24) is 10.6 Å². The molecule has 1 fully saturated rings. The summed E-state index contributed by atoms with van der Waals surface area (Å²) < 4.78 is 0. The van der Waals surface area contributed by atoms with Crippen molar-refractivity contribution in [2.24, 2.45) is 0 Å². The average Bonchev–Trinajstić information content (AvgIpc) is 3.19. The fourth-order valence-corrected chi connectivity index (χ4v) is 4.09. The summed E-state index contributed by atoms with van der Waals surface area (Å²) in [6, 6.07) is 11.9. The van der Waals surface area contributed by atoms with Gasteiger partial charge in [-0.25, -0.2) is 0 Å². The molecular formula is C21H27N3O2S. The second-order valence-corrected chi connectivity index (χ2v) is 7.89. The van der Waals surface area contributed by atoms with Crippen LogP contribution < -0.4 is 15.5 Å². The van der Waals surface area contributed by atoms with Crippen molar-refractivity contribution in [2.75, 3.05) is 24.5 Å². The number of carbonyl (C=O) groups excluding carboxylic acids is 2. The second-order valence-electron chi connectivity index (χ2n) is 6.86. The predicted molar refractivity (Wildman–Crippen MR) is 110 cm³/mol. The van der Waals surface area contributed by atoms with Gasteiger partial charge in [0.2, 0.25) is 5.91 Å². The van der Waals surface area contributed by atoms with Crippen LogP contribution in [0.5, 0.6) is 0 Å². The molecule has 27 heavy (non-hydrogen) atoms. The van der Waals surface area contributed by atoms with Gasteiger partial charge in [-0.1, -0.05) is 25.1 Å². The predicted octanol–water partition coefficient (Wildman–Crippen LogP) is 3.22. The maximum atomic E-state index is 12.4. The minimum Gasteiger partial charge on any atom is -0.371 e. The fraction of sp³-hybridized carbons (Fsp3) is 0.429. The van der Waals surface area contributed by atoms with E-state index in [0.717, 1.165) is 48.5 Å². The second kappa shape index (κ2) is 9.55. The number of nitrogens with one attached hydrogen (secondary N) is 2. The molecule has 6 heteroatoms. The van der Waals surface area contributed by atoms with Crippen molar-refractivity contribution in [3.63, 3.8) is 0 Å². The first kappa shape index (κ1) is 19.4. The zero-order chi connectivity index (χ0) is 19.1. The van der Waals surface area contributed by atoms with Gasteiger partial charge in [0, 0.05) is 36.2 Å². The van der Waals surface area contributed by atoms with E-state index in [9.17, 15) is 9.59 Å². The van der Waals surface area contributed by atoms with Gasteiger partial charge < -0.3 is 15.5 Å². The highest BCUT2D eigenvalue weighted by Crippen LogP contribution is 2.24. The van der Waals surface area contributed by atoms with Crippen molar-refractivity contribution in [3.8, 4) is 0 Å². The maximum absolute atomic E-state index is 12.4. The van der Waals surface area contributed by atoms with E-state index in [-0.39, 0.29) is 17.9 Å². The van der Waals surface area contributed by atoms with Gasteiger partial charge in [-0.2, -0.15) is 0 Å². The van der Waals surface area contributed by atoms with Gasteiger partial charge in [-0.3, -0.25) is 9.59 Å². The van der Waals surface area contributed by atoms with Crippen LogP contribution in [0.3, 0.4) is 0 Å². The minimum atomic E-state index is -0.0150. The molecule has 1 aromatic heterocycles. The molecule has 0 unspecified atom stereocenters. The molecule has 0 spiro atoms. The van der Waals surface area contributed by atoms with Crippen LogP contribution in [0.4, 0.5) is 5.69 Å². The molecule has 2 amide bonds. The number of anilines is 1. The SMILES string of the molecule is CCCNC(=O)c1ccccc1N1CCC(NC(=O)Cc2cccs2)CC1. The van der Waals surface area contributed by atoms with Crippen molar-refractivity contribution >= 4 is 28.8 Å². The summed E-state index contributed by atoms with van der Waals surface area (Å²) in [5.41, 5.74) is 1.71. The van der Waals surface area contributed by atoms with Crippen LogP contribution in [0.1, 0.15) is 41.4 Å². The van der Waals surface area contributed by atoms with Crippen molar-refractivity contribution in [2.45, 2.75) is 38.6 Å².